The van der Waals surface area contributed by atoms with Crippen LogP contribution >= 0.6 is 11.6 Å². The molecular formula is C14H16ClF3N2O2. The minimum atomic E-state index is -4.50. The Morgan fingerprint density at radius 1 is 1.41 bits per heavy atom. The van der Waals surface area contributed by atoms with Crippen LogP contribution in [-0.4, -0.2) is 41.7 Å². The number of benzene rings is 1. The number of rotatable bonds is 6. The third-order valence-electron chi connectivity index (χ3n) is 3.36. The van der Waals surface area contributed by atoms with E-state index in [1.54, 1.807) is 4.90 Å². The predicted octanol–water partition coefficient (Wildman–Crippen LogP) is 2.75. The van der Waals surface area contributed by atoms with Gasteiger partial charge in [0.25, 0.3) is 0 Å². The fourth-order valence-corrected chi connectivity index (χ4v) is 2.30. The highest BCUT2D eigenvalue weighted by atomic mass is 35.5. The molecule has 1 amide bonds. The van der Waals surface area contributed by atoms with Gasteiger partial charge in [0.2, 0.25) is 5.91 Å². The molecule has 1 aliphatic carbocycles. The summed E-state index contributed by atoms with van der Waals surface area (Å²) < 4.78 is 38.0. The fraction of sp³-hybridized carbons (Fsp3) is 0.500. The Labute approximate surface area is 130 Å². The Balaban J connectivity index is 2.04. The number of anilines is 1. The maximum absolute atomic E-state index is 12.7. The van der Waals surface area contributed by atoms with Gasteiger partial charge in [-0.05, 0) is 31.0 Å². The maximum Gasteiger partial charge on any atom is 0.416 e. The van der Waals surface area contributed by atoms with E-state index in [-0.39, 0.29) is 29.9 Å². The number of alkyl halides is 3. The minimum Gasteiger partial charge on any atom is -0.395 e. The molecule has 0 atom stereocenters. The molecule has 0 radical (unpaired) electrons. The fourth-order valence-electron chi connectivity index (χ4n) is 2.13. The molecule has 1 aromatic rings. The number of amides is 1. The molecule has 8 heteroatoms. The van der Waals surface area contributed by atoms with Crippen molar-refractivity contribution in [2.75, 3.05) is 25.0 Å². The third kappa shape index (κ3) is 4.59. The van der Waals surface area contributed by atoms with Crippen molar-refractivity contribution in [1.29, 1.82) is 0 Å². The zero-order valence-electron chi connectivity index (χ0n) is 11.7. The van der Waals surface area contributed by atoms with Gasteiger partial charge in [0.1, 0.15) is 0 Å². The number of nitrogens with one attached hydrogen (secondary N) is 1. The van der Waals surface area contributed by atoms with Crippen molar-refractivity contribution in [3.05, 3.63) is 28.8 Å². The normalized spacial score (nSPS) is 15.2. The van der Waals surface area contributed by atoms with Crippen LogP contribution in [0.1, 0.15) is 18.4 Å². The van der Waals surface area contributed by atoms with Gasteiger partial charge in [-0.15, -0.1) is 0 Å². The van der Waals surface area contributed by atoms with Crippen molar-refractivity contribution in [2.24, 2.45) is 0 Å². The van der Waals surface area contributed by atoms with Gasteiger partial charge >= 0.3 is 6.18 Å². The number of hydrogen-bond acceptors (Lipinski definition) is 3. The van der Waals surface area contributed by atoms with Crippen LogP contribution in [0.3, 0.4) is 0 Å². The number of nitrogens with zero attached hydrogens (tertiary/aromatic N) is 1. The number of hydrogen-bond donors (Lipinski definition) is 2. The Hall–Kier alpha value is -1.31. The Kier molecular flexibility index (Phi) is 5.31. The SMILES string of the molecule is O=C(CN(CCO)C1CC1)Nc1cc(C(F)(F)F)ccc1Cl. The average molecular weight is 337 g/mol. The zero-order valence-corrected chi connectivity index (χ0v) is 12.4. The molecule has 2 N–H and O–H groups in total. The molecule has 0 aliphatic heterocycles. The molecule has 0 aromatic heterocycles. The first-order valence-electron chi connectivity index (χ1n) is 6.83. The summed E-state index contributed by atoms with van der Waals surface area (Å²) in [7, 11) is 0. The summed E-state index contributed by atoms with van der Waals surface area (Å²) in [5.41, 5.74) is -0.942. The summed E-state index contributed by atoms with van der Waals surface area (Å²) in [5.74, 6) is -0.457. The number of carbonyl (C=O) groups is 1. The first kappa shape index (κ1) is 17.1. The molecule has 0 unspecified atom stereocenters. The topological polar surface area (TPSA) is 52.6 Å². The van der Waals surface area contributed by atoms with Gasteiger partial charge in [-0.3, -0.25) is 9.69 Å². The molecule has 4 nitrogen and oxygen atoms in total. The number of halogens is 4. The van der Waals surface area contributed by atoms with E-state index in [1.807, 2.05) is 0 Å². The van der Waals surface area contributed by atoms with Crippen LogP contribution in [0, 0.1) is 0 Å². The van der Waals surface area contributed by atoms with Gasteiger partial charge in [0.05, 0.1) is 29.4 Å². The van der Waals surface area contributed by atoms with Crippen LogP contribution in [0.5, 0.6) is 0 Å². The monoisotopic (exact) mass is 336 g/mol. The molecule has 1 aromatic carbocycles. The van der Waals surface area contributed by atoms with Gasteiger partial charge in [0, 0.05) is 12.6 Å². The van der Waals surface area contributed by atoms with E-state index in [0.717, 1.165) is 31.0 Å². The van der Waals surface area contributed by atoms with Gasteiger partial charge < -0.3 is 10.4 Å². The Bertz CT molecular complexity index is 547. The van der Waals surface area contributed by atoms with Crippen molar-refractivity contribution in [1.82, 2.24) is 4.90 Å². The molecule has 1 aliphatic rings. The van der Waals surface area contributed by atoms with Crippen LogP contribution in [0.4, 0.5) is 18.9 Å². The molecular weight excluding hydrogens is 321 g/mol. The smallest absolute Gasteiger partial charge is 0.395 e. The summed E-state index contributed by atoms with van der Waals surface area (Å²) >= 11 is 5.83. The lowest BCUT2D eigenvalue weighted by atomic mass is 10.2. The van der Waals surface area contributed by atoms with Crippen molar-refractivity contribution in [3.63, 3.8) is 0 Å². The maximum atomic E-state index is 12.7. The van der Waals surface area contributed by atoms with Crippen molar-refractivity contribution < 1.29 is 23.1 Å². The van der Waals surface area contributed by atoms with E-state index < -0.39 is 17.6 Å². The third-order valence-corrected chi connectivity index (χ3v) is 3.69. The van der Waals surface area contributed by atoms with Gasteiger partial charge in [-0.2, -0.15) is 13.2 Å². The van der Waals surface area contributed by atoms with Crippen molar-refractivity contribution in [2.45, 2.75) is 25.1 Å². The van der Waals surface area contributed by atoms with E-state index in [0.29, 0.717) is 6.54 Å². The quantitative estimate of drug-likeness (QED) is 0.840. The Morgan fingerprint density at radius 3 is 2.64 bits per heavy atom. The second-order valence-corrected chi connectivity index (χ2v) is 5.57. The highest BCUT2D eigenvalue weighted by Crippen LogP contribution is 2.34. The summed E-state index contributed by atoms with van der Waals surface area (Å²) in [4.78, 5) is 13.8. The Morgan fingerprint density at radius 2 is 2.09 bits per heavy atom. The van der Waals surface area contributed by atoms with E-state index in [1.165, 1.54) is 0 Å². The van der Waals surface area contributed by atoms with E-state index in [4.69, 9.17) is 16.7 Å². The van der Waals surface area contributed by atoms with E-state index >= 15 is 0 Å². The van der Waals surface area contributed by atoms with Crippen LogP contribution in [0.15, 0.2) is 18.2 Å². The highest BCUT2D eigenvalue weighted by molar-refractivity contribution is 6.33. The summed E-state index contributed by atoms with van der Waals surface area (Å²) in [6.45, 7) is 0.292. The second kappa shape index (κ2) is 6.85. The molecule has 0 bridgehead atoms. The molecule has 1 saturated carbocycles. The first-order chi connectivity index (χ1) is 10.3. The standard InChI is InChI=1S/C14H16ClF3N2O2/c15-11-4-1-9(14(16,17)18)7-12(11)19-13(22)8-20(5-6-21)10-2-3-10/h1,4,7,10,21H,2-3,5-6,8H2,(H,19,22). The molecule has 22 heavy (non-hydrogen) atoms. The summed E-state index contributed by atoms with van der Waals surface area (Å²) in [6, 6.07) is 3.04. The average Bonchev–Trinajstić information content (AvgIpc) is 3.24. The molecule has 1 fully saturated rings. The number of aliphatic hydroxyl groups is 1. The summed E-state index contributed by atoms with van der Waals surface area (Å²) in [6.07, 6.45) is -2.59. The second-order valence-electron chi connectivity index (χ2n) is 5.17. The van der Waals surface area contributed by atoms with Gasteiger partial charge in [-0.25, -0.2) is 0 Å². The molecule has 0 saturated heterocycles. The van der Waals surface area contributed by atoms with Gasteiger partial charge in [-0.1, -0.05) is 11.6 Å². The zero-order chi connectivity index (χ0) is 16.3. The number of carbonyl (C=O) groups excluding carboxylic acids is 1. The number of aliphatic hydroxyl groups excluding tert-OH is 1. The van der Waals surface area contributed by atoms with E-state index in [2.05, 4.69) is 5.32 Å². The van der Waals surface area contributed by atoms with Crippen LogP contribution in [0.25, 0.3) is 0 Å². The first-order valence-corrected chi connectivity index (χ1v) is 7.20. The molecule has 122 valence electrons. The predicted molar refractivity (Wildman–Crippen MR) is 76.8 cm³/mol. The molecule has 2 rings (SSSR count). The summed E-state index contributed by atoms with van der Waals surface area (Å²) in [5, 5.41) is 11.4. The van der Waals surface area contributed by atoms with E-state index in [9.17, 15) is 18.0 Å². The molecule has 0 heterocycles. The molecule has 0 spiro atoms. The largest absolute Gasteiger partial charge is 0.416 e. The van der Waals surface area contributed by atoms with Crippen LogP contribution in [0.2, 0.25) is 5.02 Å². The van der Waals surface area contributed by atoms with Gasteiger partial charge in [0.15, 0.2) is 0 Å². The van der Waals surface area contributed by atoms with Crippen LogP contribution < -0.4 is 5.32 Å². The lowest BCUT2D eigenvalue weighted by Crippen LogP contribution is -2.36. The minimum absolute atomic E-state index is 0.0117. The highest BCUT2D eigenvalue weighted by Gasteiger charge is 2.32. The van der Waals surface area contributed by atoms with Crippen molar-refractivity contribution in [3.8, 4) is 0 Å². The van der Waals surface area contributed by atoms with Crippen molar-refractivity contribution >= 4 is 23.2 Å². The lowest BCUT2D eigenvalue weighted by molar-refractivity contribution is -0.137. The van der Waals surface area contributed by atoms with Crippen LogP contribution in [-0.2, 0) is 11.0 Å². The lowest BCUT2D eigenvalue weighted by Gasteiger charge is -2.20.